The number of benzene rings is 2. The first-order chi connectivity index (χ1) is 14.2. The third-order valence-electron chi connectivity index (χ3n) is 4.87. The zero-order chi connectivity index (χ0) is 21.9. The van der Waals surface area contributed by atoms with E-state index >= 15 is 0 Å². The van der Waals surface area contributed by atoms with Crippen molar-refractivity contribution in [2.75, 3.05) is 25.7 Å². The minimum Gasteiger partial charge on any atom is -0.493 e. The average Bonchev–Trinajstić information content (AvgIpc) is 3.13. The maximum Gasteiger partial charge on any atom is 0.238 e. The van der Waals surface area contributed by atoms with Crippen molar-refractivity contribution < 1.29 is 27.5 Å². The lowest BCUT2D eigenvalue weighted by Gasteiger charge is -2.17. The van der Waals surface area contributed by atoms with Gasteiger partial charge in [-0.15, -0.1) is 0 Å². The molecule has 1 atom stereocenters. The maximum absolute atomic E-state index is 12.6. The summed E-state index contributed by atoms with van der Waals surface area (Å²) in [4.78, 5) is 26.3. The summed E-state index contributed by atoms with van der Waals surface area (Å²) in [5.74, 6) is 0.0828. The molecule has 2 aromatic carbocycles. The summed E-state index contributed by atoms with van der Waals surface area (Å²) in [5.41, 5.74) is 1.21. The number of nitrogens with one attached hydrogen (secondary N) is 1. The highest BCUT2D eigenvalue weighted by Gasteiger charge is 2.35. The molecule has 1 aliphatic rings. The molecule has 10 heteroatoms. The first-order valence-electron chi connectivity index (χ1n) is 9.14. The van der Waals surface area contributed by atoms with E-state index < -0.39 is 15.9 Å². The number of carbonyl (C=O) groups is 2. The van der Waals surface area contributed by atoms with E-state index in [-0.39, 0.29) is 36.2 Å². The van der Waals surface area contributed by atoms with E-state index in [1.54, 1.807) is 25.3 Å². The molecule has 0 unspecified atom stereocenters. The second kappa shape index (κ2) is 8.72. The van der Waals surface area contributed by atoms with Crippen molar-refractivity contribution >= 4 is 27.5 Å². The van der Waals surface area contributed by atoms with Crippen LogP contribution in [0, 0.1) is 5.92 Å². The molecule has 30 heavy (non-hydrogen) atoms. The minimum atomic E-state index is -3.89. The number of anilines is 1. The highest BCUT2D eigenvalue weighted by molar-refractivity contribution is 7.89. The molecule has 3 rings (SSSR count). The second-order valence-electron chi connectivity index (χ2n) is 6.85. The molecule has 0 aromatic heterocycles. The third-order valence-corrected chi connectivity index (χ3v) is 5.78. The van der Waals surface area contributed by atoms with Gasteiger partial charge in [0.25, 0.3) is 0 Å². The van der Waals surface area contributed by atoms with Crippen LogP contribution in [-0.4, -0.2) is 41.0 Å². The van der Waals surface area contributed by atoms with Gasteiger partial charge in [0.2, 0.25) is 21.8 Å². The van der Waals surface area contributed by atoms with Crippen LogP contribution in [0.25, 0.3) is 0 Å². The van der Waals surface area contributed by atoms with Crippen molar-refractivity contribution in [2.24, 2.45) is 11.1 Å². The SMILES string of the molecule is COc1ccc(CNC(=O)[C@@H]2CC(=O)N(c3cccc(S(N)(=O)=O)c3)C2)cc1OC. The van der Waals surface area contributed by atoms with Crippen LogP contribution >= 0.6 is 0 Å². The van der Waals surface area contributed by atoms with Crippen LogP contribution in [0.15, 0.2) is 47.4 Å². The van der Waals surface area contributed by atoms with Gasteiger partial charge >= 0.3 is 0 Å². The van der Waals surface area contributed by atoms with Crippen LogP contribution in [0.1, 0.15) is 12.0 Å². The summed E-state index contributed by atoms with van der Waals surface area (Å²) < 4.78 is 33.6. The van der Waals surface area contributed by atoms with E-state index in [1.807, 2.05) is 6.07 Å². The van der Waals surface area contributed by atoms with Crippen molar-refractivity contribution in [3.8, 4) is 11.5 Å². The Morgan fingerprint density at radius 3 is 2.57 bits per heavy atom. The van der Waals surface area contributed by atoms with Gasteiger partial charge in [-0.2, -0.15) is 0 Å². The average molecular weight is 433 g/mol. The van der Waals surface area contributed by atoms with E-state index in [0.717, 1.165) is 5.56 Å². The monoisotopic (exact) mass is 433 g/mol. The van der Waals surface area contributed by atoms with Crippen molar-refractivity contribution in [3.63, 3.8) is 0 Å². The number of nitrogens with zero attached hydrogens (tertiary/aromatic N) is 1. The Morgan fingerprint density at radius 1 is 1.17 bits per heavy atom. The normalized spacial score (nSPS) is 16.4. The minimum absolute atomic E-state index is 0.0391. The molecule has 1 saturated heterocycles. The van der Waals surface area contributed by atoms with E-state index in [1.165, 1.54) is 30.2 Å². The molecule has 0 bridgehead atoms. The number of ether oxygens (including phenoxy) is 2. The van der Waals surface area contributed by atoms with E-state index in [4.69, 9.17) is 14.6 Å². The molecule has 1 fully saturated rings. The largest absolute Gasteiger partial charge is 0.493 e. The maximum atomic E-state index is 12.6. The standard InChI is InChI=1S/C20H23N3O6S/c1-28-17-7-6-13(8-18(17)29-2)11-22-20(25)14-9-19(24)23(12-14)15-4-3-5-16(10-15)30(21,26)27/h3-8,10,14H,9,11-12H2,1-2H3,(H,22,25)(H2,21,26,27)/t14-/m1/s1. The number of methoxy groups -OCH3 is 2. The zero-order valence-corrected chi connectivity index (χ0v) is 17.4. The molecule has 0 radical (unpaired) electrons. The molecular weight excluding hydrogens is 410 g/mol. The van der Waals surface area contributed by atoms with Crippen molar-refractivity contribution in [1.82, 2.24) is 5.32 Å². The predicted octanol–water partition coefficient (Wildman–Crippen LogP) is 1.02. The van der Waals surface area contributed by atoms with Crippen LogP contribution < -0.4 is 24.8 Å². The first-order valence-corrected chi connectivity index (χ1v) is 10.7. The van der Waals surface area contributed by atoms with Gasteiger partial charge < -0.3 is 19.7 Å². The summed E-state index contributed by atoms with van der Waals surface area (Å²) in [6.07, 6.45) is 0.0391. The van der Waals surface area contributed by atoms with E-state index in [2.05, 4.69) is 5.32 Å². The molecule has 0 spiro atoms. The highest BCUT2D eigenvalue weighted by Crippen LogP contribution is 2.28. The van der Waals surface area contributed by atoms with Crippen LogP contribution in [0.3, 0.4) is 0 Å². The molecule has 1 aliphatic heterocycles. The van der Waals surface area contributed by atoms with Crippen LogP contribution in [0.2, 0.25) is 0 Å². The van der Waals surface area contributed by atoms with Crippen LogP contribution in [0.5, 0.6) is 11.5 Å². The molecule has 0 saturated carbocycles. The van der Waals surface area contributed by atoms with Gasteiger partial charge in [-0.25, -0.2) is 13.6 Å². The van der Waals surface area contributed by atoms with Crippen molar-refractivity contribution in [3.05, 3.63) is 48.0 Å². The Labute approximate surface area is 174 Å². The molecule has 9 nitrogen and oxygen atoms in total. The van der Waals surface area contributed by atoms with Crippen LogP contribution in [0.4, 0.5) is 5.69 Å². The number of rotatable bonds is 7. The summed E-state index contributed by atoms with van der Waals surface area (Å²) in [6, 6.07) is 11.1. The number of carbonyl (C=O) groups excluding carboxylic acids is 2. The molecule has 2 aromatic rings. The van der Waals surface area contributed by atoms with Gasteiger partial charge in [-0.3, -0.25) is 9.59 Å². The van der Waals surface area contributed by atoms with E-state index in [0.29, 0.717) is 17.2 Å². The number of amides is 2. The number of nitrogens with two attached hydrogens (primary N) is 1. The van der Waals surface area contributed by atoms with Gasteiger partial charge in [0, 0.05) is 25.2 Å². The number of primary sulfonamides is 1. The Morgan fingerprint density at radius 2 is 1.90 bits per heavy atom. The van der Waals surface area contributed by atoms with Gasteiger partial charge in [-0.05, 0) is 35.9 Å². The molecular formula is C20H23N3O6S. The topological polar surface area (TPSA) is 128 Å². The molecule has 0 aliphatic carbocycles. The van der Waals surface area contributed by atoms with Crippen molar-refractivity contribution in [2.45, 2.75) is 17.9 Å². The smallest absolute Gasteiger partial charge is 0.238 e. The number of hydrogen-bond donors (Lipinski definition) is 2. The molecule has 1 heterocycles. The third kappa shape index (κ3) is 4.71. The lowest BCUT2D eigenvalue weighted by Crippen LogP contribution is -2.32. The second-order valence-corrected chi connectivity index (χ2v) is 8.42. The Balaban J connectivity index is 1.66. The Hall–Kier alpha value is -3.11. The lowest BCUT2D eigenvalue weighted by molar-refractivity contribution is -0.126. The van der Waals surface area contributed by atoms with Crippen LogP contribution in [-0.2, 0) is 26.2 Å². The first kappa shape index (κ1) is 21.6. The predicted molar refractivity (Wildman–Crippen MR) is 110 cm³/mol. The van der Waals surface area contributed by atoms with E-state index in [9.17, 15) is 18.0 Å². The van der Waals surface area contributed by atoms with Gasteiger partial charge in [0.05, 0.1) is 25.0 Å². The Bertz CT molecular complexity index is 1070. The summed E-state index contributed by atoms with van der Waals surface area (Å²) in [5, 5.41) is 7.98. The van der Waals surface area contributed by atoms with Gasteiger partial charge in [0.15, 0.2) is 11.5 Å². The lowest BCUT2D eigenvalue weighted by atomic mass is 10.1. The fourth-order valence-electron chi connectivity index (χ4n) is 3.29. The zero-order valence-electron chi connectivity index (χ0n) is 16.6. The van der Waals surface area contributed by atoms with Gasteiger partial charge in [0.1, 0.15) is 0 Å². The fourth-order valence-corrected chi connectivity index (χ4v) is 3.84. The quantitative estimate of drug-likeness (QED) is 0.671. The summed E-state index contributed by atoms with van der Waals surface area (Å²) in [7, 11) is -0.815. The molecule has 160 valence electrons. The van der Waals surface area contributed by atoms with Crippen molar-refractivity contribution in [1.29, 1.82) is 0 Å². The number of sulfonamides is 1. The molecule has 2 amide bonds. The summed E-state index contributed by atoms with van der Waals surface area (Å²) in [6.45, 7) is 0.426. The fraction of sp³-hybridized carbons (Fsp3) is 0.300. The Kier molecular flexibility index (Phi) is 6.28. The summed E-state index contributed by atoms with van der Waals surface area (Å²) >= 11 is 0. The highest BCUT2D eigenvalue weighted by atomic mass is 32.2. The number of hydrogen-bond acceptors (Lipinski definition) is 6. The van der Waals surface area contributed by atoms with Gasteiger partial charge in [-0.1, -0.05) is 12.1 Å². The molecule has 3 N–H and O–H groups in total.